The smallest absolute Gasteiger partial charge is 0.243 e. The minimum Gasteiger partial charge on any atom is -0.302 e. The number of likely N-dealkylation sites (tertiary alicyclic amines) is 1. The molecular weight excluding hydrogens is 327 g/mol. The van der Waals surface area contributed by atoms with Gasteiger partial charge in [-0.05, 0) is 57.0 Å². The predicted molar refractivity (Wildman–Crippen MR) is 84.0 cm³/mol. The van der Waals surface area contributed by atoms with Crippen LogP contribution in [-0.4, -0.2) is 49.8 Å². The number of hydrogen-bond acceptors (Lipinski definition) is 3. The van der Waals surface area contributed by atoms with Crippen molar-refractivity contribution in [1.82, 2.24) is 9.21 Å². The molecule has 1 unspecified atom stereocenters. The summed E-state index contributed by atoms with van der Waals surface area (Å²) in [5.74, 6) is -0.601. The lowest BCUT2D eigenvalue weighted by Crippen LogP contribution is -2.42. The second kappa shape index (κ2) is 6.43. The first-order chi connectivity index (χ1) is 10.5. The van der Waals surface area contributed by atoms with Crippen molar-refractivity contribution in [2.75, 3.05) is 26.2 Å². The Morgan fingerprint density at radius 1 is 1.18 bits per heavy atom. The van der Waals surface area contributed by atoms with Gasteiger partial charge in [0.1, 0.15) is 5.82 Å². The molecule has 1 aromatic rings. The lowest BCUT2D eigenvalue weighted by atomic mass is 10.2. The van der Waals surface area contributed by atoms with E-state index in [1.807, 2.05) is 0 Å². The average Bonchev–Trinajstić information content (AvgIpc) is 3.14. The van der Waals surface area contributed by atoms with Crippen molar-refractivity contribution in [3.8, 4) is 0 Å². The molecule has 4 nitrogen and oxygen atoms in total. The molecule has 22 heavy (non-hydrogen) atoms. The van der Waals surface area contributed by atoms with Crippen molar-refractivity contribution < 1.29 is 12.8 Å². The van der Waals surface area contributed by atoms with Crippen LogP contribution in [-0.2, 0) is 10.0 Å². The van der Waals surface area contributed by atoms with Crippen LogP contribution < -0.4 is 0 Å². The summed E-state index contributed by atoms with van der Waals surface area (Å²) in [5, 5.41) is -0.156. The first-order valence-corrected chi connectivity index (χ1v) is 9.49. The first kappa shape index (κ1) is 16.2. The van der Waals surface area contributed by atoms with Crippen LogP contribution in [0.25, 0.3) is 0 Å². The highest BCUT2D eigenvalue weighted by atomic mass is 35.5. The van der Waals surface area contributed by atoms with Gasteiger partial charge in [-0.2, -0.15) is 4.31 Å². The van der Waals surface area contributed by atoms with E-state index in [0.29, 0.717) is 6.54 Å². The monoisotopic (exact) mass is 346 g/mol. The zero-order valence-corrected chi connectivity index (χ0v) is 13.9. The molecule has 2 saturated heterocycles. The van der Waals surface area contributed by atoms with E-state index in [0.717, 1.165) is 38.5 Å². The molecule has 0 bridgehead atoms. The Labute approximate surface area is 135 Å². The maximum absolute atomic E-state index is 13.3. The standard InChI is InChI=1S/C15H20ClFN2O2S/c16-14-10-13(5-6-15(14)17)22(20,21)19-9-3-4-12(19)11-18-7-1-2-8-18/h5-6,10,12H,1-4,7-9,11H2. The van der Waals surface area contributed by atoms with Gasteiger partial charge in [-0.15, -0.1) is 0 Å². The van der Waals surface area contributed by atoms with Gasteiger partial charge < -0.3 is 4.90 Å². The van der Waals surface area contributed by atoms with Crippen molar-refractivity contribution in [2.24, 2.45) is 0 Å². The zero-order valence-electron chi connectivity index (χ0n) is 12.3. The van der Waals surface area contributed by atoms with Crippen LogP contribution in [0.3, 0.4) is 0 Å². The summed E-state index contributed by atoms with van der Waals surface area (Å²) in [5.41, 5.74) is 0. The van der Waals surface area contributed by atoms with Gasteiger partial charge in [-0.3, -0.25) is 0 Å². The van der Waals surface area contributed by atoms with E-state index < -0.39 is 15.8 Å². The zero-order chi connectivity index (χ0) is 15.7. The van der Waals surface area contributed by atoms with Gasteiger partial charge in [0.25, 0.3) is 0 Å². The third kappa shape index (κ3) is 3.15. The number of nitrogens with zero attached hydrogens (tertiary/aromatic N) is 2. The fourth-order valence-electron chi connectivity index (χ4n) is 3.34. The van der Waals surface area contributed by atoms with Crippen molar-refractivity contribution in [3.63, 3.8) is 0 Å². The summed E-state index contributed by atoms with van der Waals surface area (Å²) in [6, 6.07) is 3.62. The van der Waals surface area contributed by atoms with Crippen molar-refractivity contribution in [3.05, 3.63) is 29.0 Å². The predicted octanol–water partition coefficient (Wildman–Crippen LogP) is 2.73. The molecule has 0 saturated carbocycles. The molecule has 7 heteroatoms. The number of sulfonamides is 1. The molecule has 2 aliphatic rings. The Morgan fingerprint density at radius 2 is 1.91 bits per heavy atom. The van der Waals surface area contributed by atoms with Gasteiger partial charge >= 0.3 is 0 Å². The Kier molecular flexibility index (Phi) is 4.73. The van der Waals surface area contributed by atoms with E-state index in [2.05, 4.69) is 4.90 Å². The molecule has 1 aromatic carbocycles. The van der Waals surface area contributed by atoms with Gasteiger partial charge in [-0.1, -0.05) is 11.6 Å². The quantitative estimate of drug-likeness (QED) is 0.841. The van der Waals surface area contributed by atoms with Crippen LogP contribution in [0, 0.1) is 5.82 Å². The highest BCUT2D eigenvalue weighted by molar-refractivity contribution is 7.89. The van der Waals surface area contributed by atoms with Crippen LogP contribution >= 0.6 is 11.6 Å². The summed E-state index contributed by atoms with van der Waals surface area (Å²) in [7, 11) is -3.61. The SMILES string of the molecule is O=S(=O)(c1ccc(F)c(Cl)c1)N1CCCC1CN1CCCC1. The first-order valence-electron chi connectivity index (χ1n) is 7.68. The lowest BCUT2D eigenvalue weighted by Gasteiger charge is -2.28. The Morgan fingerprint density at radius 3 is 2.59 bits per heavy atom. The van der Waals surface area contributed by atoms with Crippen molar-refractivity contribution in [2.45, 2.75) is 36.6 Å². The Hall–Kier alpha value is -0.690. The number of benzene rings is 1. The summed E-state index contributed by atoms with van der Waals surface area (Å²) >= 11 is 5.73. The molecule has 1 atom stereocenters. The van der Waals surface area contributed by atoms with Gasteiger partial charge in [0.05, 0.1) is 9.92 Å². The molecule has 0 amide bonds. The lowest BCUT2D eigenvalue weighted by molar-refractivity contribution is 0.257. The van der Waals surface area contributed by atoms with Crippen LogP contribution in [0.15, 0.2) is 23.1 Å². The Bertz CT molecular complexity index is 647. The molecule has 0 spiro atoms. The third-order valence-corrected chi connectivity index (χ3v) is 6.73. The molecule has 3 rings (SSSR count). The van der Waals surface area contributed by atoms with Crippen molar-refractivity contribution >= 4 is 21.6 Å². The van der Waals surface area contributed by atoms with E-state index in [4.69, 9.17) is 11.6 Å². The number of halogens is 2. The van der Waals surface area contributed by atoms with Crippen molar-refractivity contribution in [1.29, 1.82) is 0 Å². The fourth-order valence-corrected chi connectivity index (χ4v) is 5.30. The minimum absolute atomic E-state index is 0.00642. The maximum atomic E-state index is 13.3. The molecule has 122 valence electrons. The summed E-state index contributed by atoms with van der Waals surface area (Å²) in [6.45, 7) is 3.41. The second-order valence-corrected chi connectivity index (χ2v) is 8.29. The van der Waals surface area contributed by atoms with E-state index >= 15 is 0 Å². The molecule has 0 aromatic heterocycles. The van der Waals surface area contributed by atoms with Crippen LogP contribution in [0.1, 0.15) is 25.7 Å². The topological polar surface area (TPSA) is 40.6 Å². The normalized spacial score (nSPS) is 24.2. The van der Waals surface area contributed by atoms with Crippen LogP contribution in [0.5, 0.6) is 0 Å². The van der Waals surface area contributed by atoms with Crippen LogP contribution in [0.2, 0.25) is 5.02 Å². The van der Waals surface area contributed by atoms with E-state index in [-0.39, 0.29) is 16.0 Å². The highest BCUT2D eigenvalue weighted by Gasteiger charge is 2.36. The second-order valence-electron chi connectivity index (χ2n) is 6.00. The van der Waals surface area contributed by atoms with Gasteiger partial charge in [0, 0.05) is 19.1 Å². The Balaban J connectivity index is 1.81. The summed E-state index contributed by atoms with van der Waals surface area (Å²) in [4.78, 5) is 2.41. The van der Waals surface area contributed by atoms with E-state index in [1.54, 1.807) is 4.31 Å². The molecule has 0 aliphatic carbocycles. The van der Waals surface area contributed by atoms with E-state index in [1.165, 1.54) is 25.0 Å². The molecular formula is C15H20ClFN2O2S. The maximum Gasteiger partial charge on any atom is 0.243 e. The van der Waals surface area contributed by atoms with Crippen LogP contribution in [0.4, 0.5) is 4.39 Å². The minimum atomic E-state index is -3.61. The van der Waals surface area contributed by atoms with E-state index in [9.17, 15) is 12.8 Å². The fraction of sp³-hybridized carbons (Fsp3) is 0.600. The van der Waals surface area contributed by atoms with Gasteiger partial charge in [0.2, 0.25) is 10.0 Å². The molecule has 2 heterocycles. The summed E-state index contributed by atoms with van der Waals surface area (Å²) < 4.78 is 40.4. The van der Waals surface area contributed by atoms with Gasteiger partial charge in [-0.25, -0.2) is 12.8 Å². The largest absolute Gasteiger partial charge is 0.302 e. The number of rotatable bonds is 4. The van der Waals surface area contributed by atoms with Gasteiger partial charge in [0.15, 0.2) is 0 Å². The average molecular weight is 347 g/mol. The molecule has 0 radical (unpaired) electrons. The third-order valence-electron chi connectivity index (χ3n) is 4.49. The number of hydrogen-bond donors (Lipinski definition) is 0. The molecule has 2 aliphatic heterocycles. The molecule has 0 N–H and O–H groups in total. The molecule has 2 fully saturated rings. The summed E-state index contributed by atoms with van der Waals surface area (Å²) in [6.07, 6.45) is 4.12. The highest BCUT2D eigenvalue weighted by Crippen LogP contribution is 2.29.